The predicted octanol–water partition coefficient (Wildman–Crippen LogP) is 5.33. The van der Waals surface area contributed by atoms with Crippen LogP contribution in [-0.4, -0.2) is 19.9 Å². The van der Waals surface area contributed by atoms with Crippen LogP contribution in [0.1, 0.15) is 64.3 Å². The van der Waals surface area contributed by atoms with Crippen molar-refractivity contribution in [1.82, 2.24) is 19.9 Å². The van der Waals surface area contributed by atoms with Gasteiger partial charge in [-0.3, -0.25) is 0 Å². The fraction of sp³-hybridized carbons (Fsp3) is 0.357. The Kier molecular flexibility index (Phi) is 12.2. The van der Waals surface area contributed by atoms with E-state index in [1.165, 1.54) is 0 Å². The minimum atomic E-state index is 0.394. The van der Waals surface area contributed by atoms with Gasteiger partial charge >= 0.3 is 0 Å². The van der Waals surface area contributed by atoms with E-state index in [0.717, 1.165) is 56.7 Å². The maximum Gasteiger partial charge on any atom is 0.121 e. The zero-order valence-electron chi connectivity index (χ0n) is 21.2. The van der Waals surface area contributed by atoms with E-state index >= 15 is 0 Å². The number of H-pyrrole nitrogens is 2. The molecule has 0 aliphatic heterocycles. The van der Waals surface area contributed by atoms with Crippen molar-refractivity contribution in [2.75, 3.05) is 0 Å². The molecule has 0 aliphatic rings. The molecular weight excluding hydrogens is 420 g/mol. The van der Waals surface area contributed by atoms with Gasteiger partial charge in [0, 0.05) is 11.1 Å². The van der Waals surface area contributed by atoms with Crippen molar-refractivity contribution >= 4 is 22.1 Å². The highest BCUT2D eigenvalue weighted by atomic mass is 14.9. The van der Waals surface area contributed by atoms with Crippen LogP contribution in [-0.2, 0) is 13.1 Å². The van der Waals surface area contributed by atoms with Gasteiger partial charge in [-0.15, -0.1) is 12.8 Å². The van der Waals surface area contributed by atoms with Crippen LogP contribution in [0.2, 0.25) is 0 Å². The molecular formula is C28H38N6. The molecule has 180 valence electrons. The lowest BCUT2D eigenvalue weighted by molar-refractivity contribution is 0.736. The van der Waals surface area contributed by atoms with E-state index in [4.69, 9.17) is 11.5 Å². The highest BCUT2D eigenvalue weighted by molar-refractivity contribution is 5.78. The van der Waals surface area contributed by atoms with Gasteiger partial charge in [-0.05, 0) is 48.2 Å². The molecule has 0 unspecified atom stereocenters. The second kappa shape index (κ2) is 14.5. The molecule has 6 nitrogen and oxygen atoms in total. The summed E-state index contributed by atoms with van der Waals surface area (Å²) in [4.78, 5) is 15.1. The highest BCUT2D eigenvalue weighted by Gasteiger charge is 2.02. The molecule has 34 heavy (non-hydrogen) atoms. The average Bonchev–Trinajstić information content (AvgIpc) is 3.40. The van der Waals surface area contributed by atoms with E-state index < -0.39 is 0 Å². The lowest BCUT2D eigenvalue weighted by Gasteiger charge is -1.92. The third-order valence-electron chi connectivity index (χ3n) is 3.80. The zero-order chi connectivity index (χ0) is 25.7. The van der Waals surface area contributed by atoms with Crippen molar-refractivity contribution < 1.29 is 0 Å². The molecule has 4 rings (SSSR count). The molecule has 0 saturated carbocycles. The van der Waals surface area contributed by atoms with Crippen molar-refractivity contribution in [2.45, 2.75) is 54.6 Å². The van der Waals surface area contributed by atoms with Crippen LogP contribution in [0.3, 0.4) is 0 Å². The number of aromatic amines is 2. The third-order valence-corrected chi connectivity index (χ3v) is 3.80. The Morgan fingerprint density at radius 3 is 1.32 bits per heavy atom. The Balaban J connectivity index is 0.000000498. The van der Waals surface area contributed by atoms with Crippen molar-refractivity contribution in [3.63, 3.8) is 0 Å². The normalized spacial score (nSPS) is 9.88. The fourth-order valence-corrected chi connectivity index (χ4v) is 2.62. The molecule has 0 bridgehead atoms. The minimum Gasteiger partial charge on any atom is -0.341 e. The van der Waals surface area contributed by atoms with Crippen molar-refractivity contribution in [3.05, 3.63) is 59.2 Å². The first-order valence-electron chi connectivity index (χ1n) is 11.4. The third kappa shape index (κ3) is 9.50. The number of terminal acetylenes is 1. The van der Waals surface area contributed by atoms with E-state index in [2.05, 4.69) is 86.2 Å². The molecule has 2 heterocycles. The van der Waals surface area contributed by atoms with Crippen molar-refractivity contribution in [2.24, 2.45) is 23.3 Å². The molecule has 0 aliphatic carbocycles. The molecule has 0 radical (unpaired) electrons. The van der Waals surface area contributed by atoms with Crippen LogP contribution in [0.5, 0.6) is 0 Å². The molecule has 0 fully saturated rings. The van der Waals surface area contributed by atoms with Gasteiger partial charge in [0.1, 0.15) is 11.6 Å². The van der Waals surface area contributed by atoms with Crippen molar-refractivity contribution in [1.29, 1.82) is 0 Å². The van der Waals surface area contributed by atoms with E-state index in [9.17, 15) is 0 Å². The van der Waals surface area contributed by atoms with Crippen LogP contribution in [0.25, 0.3) is 22.1 Å². The van der Waals surface area contributed by atoms with Gasteiger partial charge in [0.2, 0.25) is 0 Å². The zero-order valence-corrected chi connectivity index (χ0v) is 21.2. The summed E-state index contributed by atoms with van der Waals surface area (Å²) in [6.07, 6.45) is 8.00. The monoisotopic (exact) mass is 458 g/mol. The Hall–Kier alpha value is -3.58. The lowest BCUT2D eigenvalue weighted by atomic mass is 10.1. The van der Waals surface area contributed by atoms with Gasteiger partial charge in [0.15, 0.2) is 0 Å². The second-order valence-corrected chi connectivity index (χ2v) is 8.95. The number of aromatic nitrogens is 4. The maximum atomic E-state index is 5.61. The summed E-state index contributed by atoms with van der Waals surface area (Å²) in [5, 5.41) is 0. The van der Waals surface area contributed by atoms with Gasteiger partial charge in [-0.1, -0.05) is 53.4 Å². The molecule has 0 saturated heterocycles. The van der Waals surface area contributed by atoms with Crippen LogP contribution in [0.4, 0.5) is 0 Å². The summed E-state index contributed by atoms with van der Waals surface area (Å²) in [6, 6.07) is 11.8. The van der Waals surface area contributed by atoms with Gasteiger partial charge < -0.3 is 21.4 Å². The van der Waals surface area contributed by atoms with E-state index in [1.54, 1.807) is 0 Å². The summed E-state index contributed by atoms with van der Waals surface area (Å²) in [7, 11) is 0. The largest absolute Gasteiger partial charge is 0.341 e. The quantitative estimate of drug-likeness (QED) is 0.304. The van der Waals surface area contributed by atoms with Crippen LogP contribution in [0, 0.1) is 36.5 Å². The predicted molar refractivity (Wildman–Crippen MR) is 145 cm³/mol. The smallest absolute Gasteiger partial charge is 0.121 e. The van der Waals surface area contributed by atoms with Crippen LogP contribution < -0.4 is 11.5 Å². The van der Waals surface area contributed by atoms with Crippen LogP contribution >= 0.6 is 0 Å². The first-order chi connectivity index (χ1) is 16.2. The van der Waals surface area contributed by atoms with E-state index in [0.29, 0.717) is 13.1 Å². The molecule has 4 aromatic rings. The number of imidazole rings is 2. The number of benzene rings is 2. The average molecular weight is 459 g/mol. The number of hydrogen-bond donors (Lipinski definition) is 4. The first kappa shape index (κ1) is 28.5. The van der Waals surface area contributed by atoms with Crippen molar-refractivity contribution in [3.8, 4) is 24.7 Å². The number of rotatable bonds is 2. The molecule has 0 amide bonds. The number of nitrogens with one attached hydrogen (secondary N) is 2. The fourth-order valence-electron chi connectivity index (χ4n) is 2.62. The summed E-state index contributed by atoms with van der Waals surface area (Å²) < 4.78 is 0. The van der Waals surface area contributed by atoms with Gasteiger partial charge in [-0.25, -0.2) is 9.97 Å². The summed E-state index contributed by atoms with van der Waals surface area (Å²) in [5.74, 6) is 9.57. The lowest BCUT2D eigenvalue weighted by Crippen LogP contribution is -1.97. The number of nitrogens with zero attached hydrogens (tertiary/aromatic N) is 2. The first-order valence-corrected chi connectivity index (χ1v) is 11.4. The summed E-state index contributed by atoms with van der Waals surface area (Å²) >= 11 is 0. The Labute approximate surface area is 204 Å². The standard InChI is InChI=1S/C18H16N6.2C4H10.C2H2/c19-9-17-21-13-5-3-11(7-15(13)23-17)1-2-12-4-6-14-16(8-12)24-18(10-20)22-14;2*1-4(2)3;1-2/h3-8H,9-10,19-20H2,(H,21,23)(H,22,24);2*4H,1-3H3;1-2H. The highest BCUT2D eigenvalue weighted by Crippen LogP contribution is 2.15. The van der Waals surface area contributed by atoms with Gasteiger partial charge in [-0.2, -0.15) is 0 Å². The number of nitrogens with two attached hydrogens (primary N) is 2. The molecule has 0 atom stereocenters. The Morgan fingerprint density at radius 2 is 1.03 bits per heavy atom. The van der Waals surface area contributed by atoms with Gasteiger partial charge in [0.05, 0.1) is 35.2 Å². The molecule has 2 aromatic carbocycles. The summed E-state index contributed by atoms with van der Waals surface area (Å²) in [6.45, 7) is 13.8. The topological polar surface area (TPSA) is 109 Å². The number of fused-ring (bicyclic) bond motifs is 2. The van der Waals surface area contributed by atoms with Crippen LogP contribution in [0.15, 0.2) is 36.4 Å². The molecule has 6 N–H and O–H groups in total. The molecule has 2 aromatic heterocycles. The maximum absolute atomic E-state index is 5.61. The van der Waals surface area contributed by atoms with E-state index in [-0.39, 0.29) is 0 Å². The SMILES string of the molecule is C#C.CC(C)C.CC(C)C.NCc1nc2ccc(C#Cc3ccc4nc(CN)[nH]c4c3)cc2[nH]1. The summed E-state index contributed by atoms with van der Waals surface area (Å²) in [5.41, 5.74) is 16.7. The molecule has 0 spiro atoms. The van der Waals surface area contributed by atoms with Gasteiger partial charge in [0.25, 0.3) is 0 Å². The Bertz CT molecular complexity index is 1130. The Morgan fingerprint density at radius 1 is 0.706 bits per heavy atom. The second-order valence-electron chi connectivity index (χ2n) is 8.95. The van der Waals surface area contributed by atoms with E-state index in [1.807, 2.05) is 36.4 Å². The minimum absolute atomic E-state index is 0.394. The molecule has 6 heteroatoms. The number of hydrogen-bond acceptors (Lipinski definition) is 4.